The van der Waals surface area contributed by atoms with Gasteiger partial charge in [-0.1, -0.05) is 72.8 Å². The number of aromatic amines is 1. The Morgan fingerprint density at radius 1 is 0.576 bits per heavy atom. The Kier molecular flexibility index (Phi) is 3.31. The van der Waals surface area contributed by atoms with Crippen LogP contribution in [0, 0.1) is 0 Å². The SMILES string of the molecule is c1ccc(-n2c3ccccc3c3c4sc5ccccc5c4c4[nH]c5ccccc5c4c32)cc1. The molecule has 154 valence electrons. The second-order valence-corrected chi connectivity index (χ2v) is 9.69. The summed E-state index contributed by atoms with van der Waals surface area (Å²) in [5, 5.41) is 7.90. The molecular weight excluding hydrogens is 420 g/mol. The van der Waals surface area contributed by atoms with Gasteiger partial charge in [0.15, 0.2) is 0 Å². The number of para-hydroxylation sites is 3. The molecule has 33 heavy (non-hydrogen) atoms. The molecule has 0 saturated carbocycles. The highest BCUT2D eigenvalue weighted by Gasteiger charge is 2.23. The summed E-state index contributed by atoms with van der Waals surface area (Å²) in [6.45, 7) is 0. The molecule has 0 saturated heterocycles. The molecule has 5 aromatic carbocycles. The van der Waals surface area contributed by atoms with Crippen LogP contribution in [0.25, 0.3) is 69.5 Å². The van der Waals surface area contributed by atoms with Gasteiger partial charge >= 0.3 is 0 Å². The van der Waals surface area contributed by atoms with E-state index in [-0.39, 0.29) is 0 Å². The van der Waals surface area contributed by atoms with Gasteiger partial charge in [-0.25, -0.2) is 0 Å². The van der Waals surface area contributed by atoms with E-state index in [4.69, 9.17) is 0 Å². The highest BCUT2D eigenvalue weighted by Crippen LogP contribution is 2.49. The first-order chi connectivity index (χ1) is 16.4. The number of aromatic nitrogens is 2. The molecule has 2 nitrogen and oxygen atoms in total. The third-order valence-electron chi connectivity index (χ3n) is 6.90. The summed E-state index contributed by atoms with van der Waals surface area (Å²) < 4.78 is 5.14. The predicted octanol–water partition coefficient (Wildman–Crippen LogP) is 8.79. The number of rotatable bonds is 1. The van der Waals surface area contributed by atoms with Crippen molar-refractivity contribution >= 4 is 75.1 Å². The van der Waals surface area contributed by atoms with Crippen LogP contribution in [-0.4, -0.2) is 9.55 Å². The predicted molar refractivity (Wildman–Crippen MR) is 143 cm³/mol. The quantitative estimate of drug-likeness (QED) is 0.264. The van der Waals surface area contributed by atoms with Gasteiger partial charge in [0.2, 0.25) is 0 Å². The minimum absolute atomic E-state index is 1.18. The van der Waals surface area contributed by atoms with Crippen molar-refractivity contribution in [1.82, 2.24) is 9.55 Å². The topological polar surface area (TPSA) is 20.7 Å². The van der Waals surface area contributed by atoms with Crippen molar-refractivity contribution in [3.63, 3.8) is 0 Å². The van der Waals surface area contributed by atoms with E-state index in [1.807, 2.05) is 11.3 Å². The summed E-state index contributed by atoms with van der Waals surface area (Å²) in [5.41, 5.74) is 6.14. The number of nitrogens with zero attached hydrogens (tertiary/aromatic N) is 1. The second kappa shape index (κ2) is 6.25. The molecule has 0 fully saturated rings. The third-order valence-corrected chi connectivity index (χ3v) is 8.09. The molecule has 0 amide bonds. The van der Waals surface area contributed by atoms with Crippen LogP contribution in [0.5, 0.6) is 0 Å². The van der Waals surface area contributed by atoms with Crippen LogP contribution >= 0.6 is 11.3 Å². The van der Waals surface area contributed by atoms with E-state index in [9.17, 15) is 0 Å². The lowest BCUT2D eigenvalue weighted by molar-refractivity contribution is 1.19. The van der Waals surface area contributed by atoms with Gasteiger partial charge in [0.1, 0.15) is 0 Å². The number of H-pyrrole nitrogens is 1. The van der Waals surface area contributed by atoms with E-state index in [0.29, 0.717) is 0 Å². The van der Waals surface area contributed by atoms with Crippen molar-refractivity contribution in [3.05, 3.63) is 103 Å². The zero-order chi connectivity index (χ0) is 21.5. The molecule has 0 aliphatic carbocycles. The van der Waals surface area contributed by atoms with Gasteiger partial charge in [-0.15, -0.1) is 11.3 Å². The maximum absolute atomic E-state index is 3.81. The van der Waals surface area contributed by atoms with Crippen molar-refractivity contribution in [1.29, 1.82) is 0 Å². The Morgan fingerprint density at radius 3 is 2.15 bits per heavy atom. The average Bonchev–Trinajstić information content (AvgIpc) is 3.53. The van der Waals surface area contributed by atoms with Gasteiger partial charge in [0.05, 0.1) is 16.6 Å². The van der Waals surface area contributed by atoms with E-state index in [2.05, 4.69) is 113 Å². The van der Waals surface area contributed by atoms with Gasteiger partial charge in [0.25, 0.3) is 0 Å². The van der Waals surface area contributed by atoms with Crippen molar-refractivity contribution in [2.75, 3.05) is 0 Å². The molecule has 0 radical (unpaired) electrons. The number of benzene rings is 5. The number of thiophene rings is 1. The smallest absolute Gasteiger partial charge is 0.0655 e. The van der Waals surface area contributed by atoms with Crippen LogP contribution in [-0.2, 0) is 0 Å². The molecule has 3 heteroatoms. The van der Waals surface area contributed by atoms with Crippen LogP contribution in [0.2, 0.25) is 0 Å². The summed E-state index contributed by atoms with van der Waals surface area (Å²) in [6, 6.07) is 37.1. The van der Waals surface area contributed by atoms with E-state index < -0.39 is 0 Å². The lowest BCUT2D eigenvalue weighted by Crippen LogP contribution is -1.93. The first-order valence-corrected chi connectivity index (χ1v) is 12.0. The maximum atomic E-state index is 3.81. The van der Waals surface area contributed by atoms with E-state index in [1.165, 1.54) is 69.5 Å². The molecule has 1 N–H and O–H groups in total. The van der Waals surface area contributed by atoms with Crippen LogP contribution in [0.15, 0.2) is 103 Å². The lowest BCUT2D eigenvalue weighted by Gasteiger charge is -2.09. The largest absolute Gasteiger partial charge is 0.354 e. The van der Waals surface area contributed by atoms with E-state index >= 15 is 0 Å². The summed E-state index contributed by atoms with van der Waals surface area (Å²) in [4.78, 5) is 3.81. The molecule has 8 aromatic rings. The van der Waals surface area contributed by atoms with E-state index in [0.717, 1.165) is 0 Å². The monoisotopic (exact) mass is 438 g/mol. The minimum Gasteiger partial charge on any atom is -0.354 e. The van der Waals surface area contributed by atoms with Crippen molar-refractivity contribution < 1.29 is 0 Å². The Bertz CT molecular complexity index is 1990. The highest BCUT2D eigenvalue weighted by atomic mass is 32.1. The van der Waals surface area contributed by atoms with Crippen molar-refractivity contribution in [3.8, 4) is 5.69 Å². The van der Waals surface area contributed by atoms with Gasteiger partial charge in [-0.2, -0.15) is 0 Å². The molecule has 3 heterocycles. The van der Waals surface area contributed by atoms with Gasteiger partial charge in [0, 0.05) is 52.9 Å². The van der Waals surface area contributed by atoms with Crippen LogP contribution in [0.1, 0.15) is 0 Å². The zero-order valence-corrected chi connectivity index (χ0v) is 18.5. The number of hydrogen-bond acceptors (Lipinski definition) is 1. The van der Waals surface area contributed by atoms with Gasteiger partial charge in [-0.05, 0) is 30.3 Å². The Balaban J connectivity index is 1.80. The zero-order valence-electron chi connectivity index (χ0n) is 17.7. The Hall–Kier alpha value is -4.08. The van der Waals surface area contributed by atoms with Crippen LogP contribution in [0.4, 0.5) is 0 Å². The van der Waals surface area contributed by atoms with Crippen molar-refractivity contribution in [2.45, 2.75) is 0 Å². The minimum atomic E-state index is 1.18. The number of fused-ring (bicyclic) bond motifs is 12. The third kappa shape index (κ3) is 2.17. The number of hydrogen-bond donors (Lipinski definition) is 1. The fraction of sp³-hybridized carbons (Fsp3) is 0. The first-order valence-electron chi connectivity index (χ1n) is 11.2. The highest BCUT2D eigenvalue weighted by molar-refractivity contribution is 7.27. The standard InChI is InChI=1S/C30H18N2S/c1-2-10-18(11-3-1)32-23-16-8-5-13-20(23)27-29(32)25-19-12-4-7-15-22(19)31-28(25)26-21-14-6-9-17-24(21)33-30(26)27/h1-17,31H. The molecule has 0 bridgehead atoms. The summed E-state index contributed by atoms with van der Waals surface area (Å²) in [5.74, 6) is 0. The first kappa shape index (κ1) is 17.5. The van der Waals surface area contributed by atoms with Gasteiger partial charge < -0.3 is 9.55 Å². The fourth-order valence-electron chi connectivity index (χ4n) is 5.60. The van der Waals surface area contributed by atoms with Gasteiger partial charge in [-0.3, -0.25) is 0 Å². The molecule has 0 atom stereocenters. The van der Waals surface area contributed by atoms with Crippen LogP contribution < -0.4 is 0 Å². The maximum Gasteiger partial charge on any atom is 0.0655 e. The molecular formula is C30H18N2S. The van der Waals surface area contributed by atoms with Crippen LogP contribution in [0.3, 0.4) is 0 Å². The second-order valence-electron chi connectivity index (χ2n) is 8.63. The molecule has 3 aromatic heterocycles. The average molecular weight is 439 g/mol. The fourth-order valence-corrected chi connectivity index (χ4v) is 6.87. The Morgan fingerprint density at radius 2 is 1.27 bits per heavy atom. The normalized spacial score (nSPS) is 12.2. The molecule has 0 aliphatic rings. The Labute approximate surface area is 193 Å². The molecule has 0 spiro atoms. The van der Waals surface area contributed by atoms with Crippen molar-refractivity contribution in [2.24, 2.45) is 0 Å². The molecule has 8 rings (SSSR count). The van der Waals surface area contributed by atoms with E-state index in [1.54, 1.807) is 0 Å². The summed E-state index contributed by atoms with van der Waals surface area (Å²) >= 11 is 1.91. The summed E-state index contributed by atoms with van der Waals surface area (Å²) in [7, 11) is 0. The lowest BCUT2D eigenvalue weighted by atomic mass is 10.0. The molecule has 0 aliphatic heterocycles. The molecule has 0 unspecified atom stereocenters. The summed E-state index contributed by atoms with van der Waals surface area (Å²) in [6.07, 6.45) is 0. The number of nitrogens with one attached hydrogen (secondary N) is 1.